The monoisotopic (exact) mass is 603 g/mol. The number of rotatable bonds is 2. The normalized spacial score (nSPS) is 14.9. The van der Waals surface area contributed by atoms with Gasteiger partial charge in [-0.1, -0.05) is 0 Å². The van der Waals surface area contributed by atoms with E-state index in [2.05, 4.69) is 121 Å². The molecule has 0 spiro atoms. The number of allylic oxidation sites excluding steroid dienone is 4. The molecule has 0 radical (unpaired) electrons. The van der Waals surface area contributed by atoms with Crippen LogP contribution in [0.2, 0.25) is 0 Å². The van der Waals surface area contributed by atoms with Crippen LogP contribution in [0.5, 0.6) is 0 Å². The first-order valence-corrected chi connectivity index (χ1v) is 13.9. The van der Waals surface area contributed by atoms with Gasteiger partial charge in [-0.15, -0.1) is 0 Å². The van der Waals surface area contributed by atoms with Gasteiger partial charge >= 0.3 is 227 Å². The molecule has 0 heterocycles. The van der Waals surface area contributed by atoms with Crippen LogP contribution in [0, 0.1) is 0 Å². The molecule has 0 aromatic heterocycles. The molecule has 5 rings (SSSR count). The molecule has 2 aliphatic rings. The van der Waals surface area contributed by atoms with Crippen LogP contribution in [0.3, 0.4) is 0 Å². The van der Waals surface area contributed by atoms with Gasteiger partial charge in [0.1, 0.15) is 0 Å². The first kappa shape index (κ1) is 29.9. The molecule has 0 saturated heterocycles. The SMILES string of the molecule is CC(c1ccccc1)=c1cc2c(c(C3=CC=CC3)c1C(C)(C)C)=[C]([Zr+2])c1cc(C(C)(C)C)ccc1-2.[Cl-].[Cl-]. The minimum atomic E-state index is 0. The van der Waals surface area contributed by atoms with Gasteiger partial charge in [-0.05, 0) is 0 Å². The van der Waals surface area contributed by atoms with E-state index in [0.29, 0.717) is 0 Å². The Bertz CT molecular complexity index is 1530. The Morgan fingerprint density at radius 2 is 1.46 bits per heavy atom. The summed E-state index contributed by atoms with van der Waals surface area (Å²) in [5.41, 5.74) is 12.9. The summed E-state index contributed by atoms with van der Waals surface area (Å²) < 4.78 is 1.51. The Morgan fingerprint density at radius 1 is 0.784 bits per heavy atom. The molecule has 0 aliphatic heterocycles. The minimum absolute atomic E-state index is 0. The van der Waals surface area contributed by atoms with Gasteiger partial charge in [0.25, 0.3) is 0 Å². The van der Waals surface area contributed by atoms with Crippen molar-refractivity contribution in [1.82, 2.24) is 0 Å². The summed E-state index contributed by atoms with van der Waals surface area (Å²) in [6, 6.07) is 20.6. The van der Waals surface area contributed by atoms with Gasteiger partial charge in [-0.2, -0.15) is 0 Å². The van der Waals surface area contributed by atoms with E-state index >= 15 is 0 Å². The number of hydrogen-bond donors (Lipinski definition) is 0. The van der Waals surface area contributed by atoms with Crippen molar-refractivity contribution in [2.75, 3.05) is 0 Å². The summed E-state index contributed by atoms with van der Waals surface area (Å²) in [4.78, 5) is 0. The second-order valence-corrected chi connectivity index (χ2v) is 13.3. The molecule has 3 aromatic carbocycles. The van der Waals surface area contributed by atoms with Crippen LogP contribution in [-0.2, 0) is 35.5 Å². The maximum absolute atomic E-state index is 2.51. The van der Waals surface area contributed by atoms with E-state index in [1.807, 2.05) is 0 Å². The summed E-state index contributed by atoms with van der Waals surface area (Å²) in [6.07, 6.45) is 7.89. The average Bonchev–Trinajstić information content (AvgIpc) is 3.44. The van der Waals surface area contributed by atoms with E-state index < -0.39 is 0 Å². The number of benzene rings is 3. The summed E-state index contributed by atoms with van der Waals surface area (Å²) >= 11 is 1.49. The first-order chi connectivity index (χ1) is 16.5. The molecule has 0 atom stereocenters. The molecule has 189 valence electrons. The van der Waals surface area contributed by atoms with E-state index in [-0.39, 0.29) is 35.6 Å². The number of hydrogen-bond acceptors (Lipinski definition) is 0. The van der Waals surface area contributed by atoms with Gasteiger partial charge in [0.2, 0.25) is 0 Å². The molecule has 0 N–H and O–H groups in total. The fourth-order valence-corrected chi connectivity index (χ4v) is 6.76. The average molecular weight is 606 g/mol. The first-order valence-electron chi connectivity index (χ1n) is 12.7. The zero-order valence-corrected chi connectivity index (χ0v) is 26.9. The third-order valence-electron chi connectivity index (χ3n) is 7.48. The Hall–Kier alpha value is -1.66. The fourth-order valence-electron chi connectivity index (χ4n) is 5.61. The maximum atomic E-state index is 2.51. The summed E-state index contributed by atoms with van der Waals surface area (Å²) in [7, 11) is 0. The third kappa shape index (κ3) is 5.30. The van der Waals surface area contributed by atoms with Crippen molar-refractivity contribution in [3.05, 3.63) is 111 Å². The molecular formula is C34H35Cl2Zr. The van der Waals surface area contributed by atoms with Crippen molar-refractivity contribution >= 4 is 14.4 Å². The largest absolute Gasteiger partial charge is 1.00 e. The Balaban J connectivity index is 0.00000190. The van der Waals surface area contributed by atoms with Gasteiger partial charge in [-0.25, -0.2) is 0 Å². The zero-order chi connectivity index (χ0) is 25.1. The predicted octanol–water partition coefficient (Wildman–Crippen LogP) is 1.54. The maximum Gasteiger partial charge on any atom is -1.00 e. The van der Waals surface area contributed by atoms with Gasteiger partial charge in [0, 0.05) is 0 Å². The van der Waals surface area contributed by atoms with E-state index in [1.165, 1.54) is 88.5 Å². The van der Waals surface area contributed by atoms with Crippen LogP contribution in [0.15, 0.2) is 72.8 Å². The Labute approximate surface area is 250 Å². The molecule has 0 fully saturated rings. The minimum Gasteiger partial charge on any atom is -1.00 e. The van der Waals surface area contributed by atoms with Gasteiger partial charge < -0.3 is 24.8 Å². The van der Waals surface area contributed by atoms with Crippen molar-refractivity contribution < 1.29 is 49.5 Å². The van der Waals surface area contributed by atoms with Crippen molar-refractivity contribution in [1.29, 1.82) is 0 Å². The Kier molecular flexibility index (Phi) is 8.76. The van der Waals surface area contributed by atoms with Crippen LogP contribution in [0.25, 0.3) is 25.6 Å². The fraction of sp³-hybridized carbons (Fsp3) is 0.294. The third-order valence-corrected chi connectivity index (χ3v) is 8.75. The standard InChI is InChI=1S/C34H35.2ClH.Zr/c1-22(23-13-9-8-10-14-23)28-21-29-27-18-17-26(33(2,3)4)19-25(27)20-30(29)31(24-15-11-12-16-24)32(28)34(5,6)7;;;/h8-15,17-19,21H,16H2,1-7H3;2*1H;/q;;;+2/p-2. The van der Waals surface area contributed by atoms with E-state index in [0.717, 1.165) is 6.42 Å². The topological polar surface area (TPSA) is 0 Å². The molecule has 0 nitrogen and oxygen atoms in total. The van der Waals surface area contributed by atoms with Crippen LogP contribution in [-0.4, -0.2) is 0 Å². The second kappa shape index (κ2) is 10.8. The summed E-state index contributed by atoms with van der Waals surface area (Å²) in [5.74, 6) is 0. The second-order valence-electron chi connectivity index (χ2n) is 12.0. The van der Waals surface area contributed by atoms with Crippen LogP contribution in [0.4, 0.5) is 0 Å². The van der Waals surface area contributed by atoms with E-state index in [1.54, 1.807) is 0 Å². The van der Waals surface area contributed by atoms with Crippen molar-refractivity contribution in [3.63, 3.8) is 0 Å². The van der Waals surface area contributed by atoms with Crippen molar-refractivity contribution in [2.45, 2.75) is 65.7 Å². The molecule has 3 heteroatoms. The van der Waals surface area contributed by atoms with Crippen molar-refractivity contribution in [3.8, 4) is 11.1 Å². The molecular weight excluding hydrogens is 571 g/mol. The van der Waals surface area contributed by atoms with Gasteiger partial charge in [0.05, 0.1) is 0 Å². The summed E-state index contributed by atoms with van der Waals surface area (Å²) in [5, 5.41) is 2.87. The van der Waals surface area contributed by atoms with Crippen molar-refractivity contribution in [2.24, 2.45) is 0 Å². The summed E-state index contributed by atoms with van der Waals surface area (Å²) in [6.45, 7) is 16.4. The van der Waals surface area contributed by atoms with E-state index in [9.17, 15) is 0 Å². The molecule has 2 aliphatic carbocycles. The molecule has 0 bridgehead atoms. The van der Waals surface area contributed by atoms with Gasteiger partial charge in [0.15, 0.2) is 0 Å². The van der Waals surface area contributed by atoms with Gasteiger partial charge in [-0.3, -0.25) is 0 Å². The number of halogens is 2. The quantitative estimate of drug-likeness (QED) is 0.416. The molecule has 0 unspecified atom stereocenters. The van der Waals surface area contributed by atoms with Crippen LogP contribution < -0.4 is 35.3 Å². The van der Waals surface area contributed by atoms with Crippen LogP contribution >= 0.6 is 0 Å². The smallest absolute Gasteiger partial charge is 1.00 e. The van der Waals surface area contributed by atoms with E-state index in [4.69, 9.17) is 0 Å². The van der Waals surface area contributed by atoms with Crippen LogP contribution in [0.1, 0.15) is 82.7 Å². The zero-order valence-electron chi connectivity index (χ0n) is 22.9. The molecule has 3 aromatic rings. The number of fused-ring (bicyclic) bond motifs is 3. The molecule has 0 amide bonds. The molecule has 0 saturated carbocycles. The Morgan fingerprint density at radius 3 is 2.03 bits per heavy atom. The predicted molar refractivity (Wildman–Crippen MR) is 147 cm³/mol. The molecule has 37 heavy (non-hydrogen) atoms.